The van der Waals surface area contributed by atoms with Crippen LogP contribution in [0.1, 0.15) is 18.1 Å². The van der Waals surface area contributed by atoms with Crippen molar-refractivity contribution in [2.45, 2.75) is 31.7 Å². The third kappa shape index (κ3) is 4.40. The van der Waals surface area contributed by atoms with Crippen molar-refractivity contribution >= 4 is 22.0 Å². The molecular formula is C17H26N3O5S+. The number of nitrogens with zero attached hydrogens (tertiary/aromatic N) is 1. The topological polar surface area (TPSA) is 97.2 Å². The van der Waals surface area contributed by atoms with Gasteiger partial charge >= 0.3 is 6.09 Å². The summed E-state index contributed by atoms with van der Waals surface area (Å²) in [4.78, 5) is 24.4. The standard InChI is InChI=1S/C17H25N3O5S/c1-12-5-6-15(11-13(12)2)26(23,24)20-9-7-19(8-10-20)14(3)16(21)18-17(22)25-4/h5-6,11,14H,7-10H2,1-4H3,(H,18,21,22)/p+1/t14-/m0/s1. The van der Waals surface area contributed by atoms with E-state index in [4.69, 9.17) is 0 Å². The maximum absolute atomic E-state index is 12.8. The zero-order valence-corrected chi connectivity index (χ0v) is 16.4. The van der Waals surface area contributed by atoms with Crippen molar-refractivity contribution in [2.75, 3.05) is 33.3 Å². The van der Waals surface area contributed by atoms with E-state index >= 15 is 0 Å². The highest BCUT2D eigenvalue weighted by Gasteiger charge is 2.35. The minimum absolute atomic E-state index is 0.292. The predicted octanol–water partition coefficient (Wildman–Crippen LogP) is -0.536. The zero-order chi connectivity index (χ0) is 19.5. The molecule has 2 amide bonds. The van der Waals surface area contributed by atoms with E-state index in [1.54, 1.807) is 19.1 Å². The number of imide groups is 1. The summed E-state index contributed by atoms with van der Waals surface area (Å²) in [5.74, 6) is -0.433. The van der Waals surface area contributed by atoms with E-state index in [0.717, 1.165) is 16.0 Å². The molecule has 144 valence electrons. The summed E-state index contributed by atoms with van der Waals surface area (Å²) in [6, 6.07) is 4.66. The number of quaternary nitrogens is 1. The quantitative estimate of drug-likeness (QED) is 0.727. The number of rotatable bonds is 4. The number of nitrogens with one attached hydrogen (secondary N) is 2. The van der Waals surface area contributed by atoms with Gasteiger partial charge in [0.2, 0.25) is 10.0 Å². The average Bonchev–Trinajstić information content (AvgIpc) is 2.63. The number of carbonyl (C=O) groups excluding carboxylic acids is 2. The van der Waals surface area contributed by atoms with E-state index in [2.05, 4.69) is 10.1 Å². The van der Waals surface area contributed by atoms with Crippen LogP contribution >= 0.6 is 0 Å². The number of methoxy groups -OCH3 is 1. The van der Waals surface area contributed by atoms with E-state index in [0.29, 0.717) is 31.1 Å². The molecule has 9 heteroatoms. The van der Waals surface area contributed by atoms with Gasteiger partial charge in [0.1, 0.15) is 0 Å². The molecule has 1 saturated heterocycles. The summed E-state index contributed by atoms with van der Waals surface area (Å²) >= 11 is 0. The van der Waals surface area contributed by atoms with Crippen LogP contribution in [0.5, 0.6) is 0 Å². The molecule has 0 saturated carbocycles. The molecule has 2 N–H and O–H groups in total. The molecule has 0 aliphatic carbocycles. The summed E-state index contributed by atoms with van der Waals surface area (Å²) in [6.45, 7) is 7.15. The number of aryl methyl sites for hydroxylation is 2. The lowest BCUT2D eigenvalue weighted by Gasteiger charge is -2.34. The molecular weight excluding hydrogens is 358 g/mol. The molecule has 2 rings (SSSR count). The van der Waals surface area contributed by atoms with Gasteiger partial charge in [-0.1, -0.05) is 6.07 Å². The number of piperazine rings is 1. The second kappa shape index (κ2) is 8.15. The number of hydrogen-bond donors (Lipinski definition) is 2. The number of alkyl carbamates (subject to hydrolysis) is 1. The average molecular weight is 384 g/mol. The molecule has 1 aromatic carbocycles. The lowest BCUT2D eigenvalue weighted by Crippen LogP contribution is -3.19. The van der Waals surface area contributed by atoms with E-state index < -0.39 is 28.1 Å². The fraction of sp³-hybridized carbons (Fsp3) is 0.529. The molecule has 1 aliphatic heterocycles. The minimum atomic E-state index is -3.55. The van der Waals surface area contributed by atoms with E-state index in [1.165, 1.54) is 11.4 Å². The Hall–Kier alpha value is -1.97. The summed E-state index contributed by atoms with van der Waals surface area (Å²) in [7, 11) is -2.36. The Morgan fingerprint density at radius 1 is 1.19 bits per heavy atom. The fourth-order valence-corrected chi connectivity index (χ4v) is 4.44. The van der Waals surface area contributed by atoms with Gasteiger partial charge in [-0.15, -0.1) is 0 Å². The van der Waals surface area contributed by atoms with Crippen molar-refractivity contribution in [3.63, 3.8) is 0 Å². The molecule has 1 aromatic rings. The Balaban J connectivity index is 2.02. The zero-order valence-electron chi connectivity index (χ0n) is 15.5. The van der Waals surface area contributed by atoms with Gasteiger partial charge in [-0.25, -0.2) is 13.2 Å². The Kier molecular flexibility index (Phi) is 6.38. The van der Waals surface area contributed by atoms with Crippen LogP contribution in [-0.4, -0.2) is 64.1 Å². The third-order valence-corrected chi connectivity index (χ3v) is 6.79. The first kappa shape index (κ1) is 20.3. The molecule has 1 atom stereocenters. The van der Waals surface area contributed by atoms with Crippen LogP contribution < -0.4 is 10.2 Å². The molecule has 0 aromatic heterocycles. The van der Waals surface area contributed by atoms with E-state index in [1.807, 2.05) is 19.9 Å². The first-order chi connectivity index (χ1) is 12.2. The van der Waals surface area contributed by atoms with Crippen LogP contribution in [0.4, 0.5) is 4.79 Å². The number of benzene rings is 1. The van der Waals surface area contributed by atoms with Crippen LogP contribution in [-0.2, 0) is 19.6 Å². The third-order valence-electron chi connectivity index (χ3n) is 4.90. The van der Waals surface area contributed by atoms with Crippen LogP contribution in [0, 0.1) is 13.8 Å². The van der Waals surface area contributed by atoms with Gasteiger partial charge in [-0.05, 0) is 44.0 Å². The lowest BCUT2D eigenvalue weighted by molar-refractivity contribution is -0.917. The maximum Gasteiger partial charge on any atom is 0.413 e. The molecule has 1 aliphatic rings. The predicted molar refractivity (Wildman–Crippen MR) is 95.4 cm³/mol. The number of ether oxygens (including phenoxy) is 1. The van der Waals surface area contributed by atoms with Crippen molar-refractivity contribution in [3.05, 3.63) is 29.3 Å². The second-order valence-corrected chi connectivity index (χ2v) is 8.45. The van der Waals surface area contributed by atoms with Crippen LogP contribution in [0.3, 0.4) is 0 Å². The van der Waals surface area contributed by atoms with Gasteiger partial charge in [-0.2, -0.15) is 4.31 Å². The smallest absolute Gasteiger partial charge is 0.413 e. The summed E-state index contributed by atoms with van der Waals surface area (Å²) in [6.07, 6.45) is -0.794. The normalized spacial score (nSPS) is 17.5. The number of carbonyl (C=O) groups is 2. The highest BCUT2D eigenvalue weighted by atomic mass is 32.2. The molecule has 1 heterocycles. The minimum Gasteiger partial charge on any atom is -0.453 e. The van der Waals surface area contributed by atoms with Gasteiger partial charge in [0.15, 0.2) is 6.04 Å². The summed E-state index contributed by atoms with van der Waals surface area (Å²) < 4.78 is 31.5. The second-order valence-electron chi connectivity index (χ2n) is 6.51. The fourth-order valence-electron chi connectivity index (χ4n) is 2.92. The van der Waals surface area contributed by atoms with Crippen molar-refractivity contribution in [2.24, 2.45) is 0 Å². The molecule has 1 fully saturated rings. The monoisotopic (exact) mass is 384 g/mol. The first-order valence-corrected chi connectivity index (χ1v) is 9.91. The van der Waals surface area contributed by atoms with Gasteiger partial charge in [0.25, 0.3) is 5.91 Å². The number of sulfonamides is 1. The Labute approximate surface area is 154 Å². The molecule has 0 bridgehead atoms. The molecule has 0 radical (unpaired) electrons. The van der Waals surface area contributed by atoms with Crippen molar-refractivity contribution in [1.29, 1.82) is 0 Å². The SMILES string of the molecule is COC(=O)NC(=O)[C@H](C)[NH+]1CCN(S(=O)(=O)c2ccc(C)c(C)c2)CC1. The largest absolute Gasteiger partial charge is 0.453 e. The highest BCUT2D eigenvalue weighted by Crippen LogP contribution is 2.19. The molecule has 0 unspecified atom stereocenters. The number of amides is 2. The van der Waals surface area contributed by atoms with E-state index in [-0.39, 0.29) is 0 Å². The van der Waals surface area contributed by atoms with Gasteiger partial charge in [0, 0.05) is 0 Å². The van der Waals surface area contributed by atoms with Crippen molar-refractivity contribution in [1.82, 2.24) is 9.62 Å². The molecule has 0 spiro atoms. The molecule has 8 nitrogen and oxygen atoms in total. The Morgan fingerprint density at radius 2 is 1.81 bits per heavy atom. The van der Waals surface area contributed by atoms with Crippen molar-refractivity contribution < 1.29 is 27.6 Å². The van der Waals surface area contributed by atoms with Crippen molar-refractivity contribution in [3.8, 4) is 0 Å². The van der Waals surface area contributed by atoms with Crippen LogP contribution in [0.2, 0.25) is 0 Å². The highest BCUT2D eigenvalue weighted by molar-refractivity contribution is 7.89. The summed E-state index contributed by atoms with van der Waals surface area (Å²) in [5, 5.41) is 2.15. The maximum atomic E-state index is 12.8. The van der Waals surface area contributed by atoms with Gasteiger partial charge < -0.3 is 9.64 Å². The van der Waals surface area contributed by atoms with Gasteiger partial charge in [-0.3, -0.25) is 10.1 Å². The first-order valence-electron chi connectivity index (χ1n) is 8.47. The number of hydrogen-bond acceptors (Lipinski definition) is 5. The van der Waals surface area contributed by atoms with Gasteiger partial charge in [0.05, 0.1) is 38.2 Å². The Morgan fingerprint density at radius 3 is 2.35 bits per heavy atom. The summed E-state index contributed by atoms with van der Waals surface area (Å²) in [5.41, 5.74) is 1.98. The van der Waals surface area contributed by atoms with E-state index in [9.17, 15) is 18.0 Å². The van der Waals surface area contributed by atoms with Crippen LogP contribution in [0.25, 0.3) is 0 Å². The Bertz CT molecular complexity index is 786. The molecule has 26 heavy (non-hydrogen) atoms. The lowest BCUT2D eigenvalue weighted by atomic mass is 10.1. The van der Waals surface area contributed by atoms with Crippen LogP contribution in [0.15, 0.2) is 23.1 Å².